The third-order valence-electron chi connectivity index (χ3n) is 2.82. The molecule has 0 aliphatic rings. The number of amides is 2. The number of benzene rings is 1. The number of hydrogen-bond acceptors (Lipinski definition) is 5. The molecule has 1 rings (SSSR count). The number of aliphatic hydroxyl groups excluding tert-OH is 1. The minimum Gasteiger partial charge on any atom is -0.478 e. The SMILES string of the molecule is NCC(=O)N(CCO)c1c(Br)c(C(N)=O)c(Br)c(C(=O)O)c1Br. The Morgan fingerprint density at radius 3 is 1.96 bits per heavy atom. The van der Waals surface area contributed by atoms with Crippen LogP contribution in [-0.2, 0) is 4.79 Å². The fourth-order valence-corrected chi connectivity index (χ4v) is 5.01. The summed E-state index contributed by atoms with van der Waals surface area (Å²) in [4.78, 5) is 36.3. The van der Waals surface area contributed by atoms with Crippen molar-refractivity contribution in [2.24, 2.45) is 11.5 Å². The lowest BCUT2D eigenvalue weighted by atomic mass is 10.1. The summed E-state index contributed by atoms with van der Waals surface area (Å²) in [5.74, 6) is -2.82. The number of nitrogens with zero attached hydrogens (tertiary/aromatic N) is 1. The van der Waals surface area contributed by atoms with Crippen molar-refractivity contribution in [1.29, 1.82) is 0 Å². The fraction of sp³-hybridized carbons (Fsp3) is 0.250. The minimum atomic E-state index is -1.34. The summed E-state index contributed by atoms with van der Waals surface area (Å²) >= 11 is 9.33. The predicted molar refractivity (Wildman–Crippen MR) is 93.5 cm³/mol. The molecule has 1 aromatic carbocycles. The zero-order valence-corrected chi connectivity index (χ0v) is 16.2. The molecule has 1 aromatic rings. The highest BCUT2D eigenvalue weighted by Crippen LogP contribution is 2.44. The summed E-state index contributed by atoms with van der Waals surface area (Å²) in [6.07, 6.45) is 0. The summed E-state index contributed by atoms with van der Waals surface area (Å²) in [5.41, 5.74) is 10.3. The topological polar surface area (TPSA) is 147 Å². The van der Waals surface area contributed by atoms with Crippen LogP contribution in [0.3, 0.4) is 0 Å². The van der Waals surface area contributed by atoms with E-state index in [-0.39, 0.29) is 43.3 Å². The van der Waals surface area contributed by atoms with Crippen LogP contribution in [-0.4, -0.2) is 47.7 Å². The van der Waals surface area contributed by atoms with Crippen molar-refractivity contribution in [2.75, 3.05) is 24.6 Å². The molecule has 6 N–H and O–H groups in total. The van der Waals surface area contributed by atoms with Crippen molar-refractivity contribution < 1.29 is 24.6 Å². The number of carbonyl (C=O) groups is 3. The number of carboxylic acid groups (broad SMARTS) is 1. The van der Waals surface area contributed by atoms with Crippen LogP contribution in [0.5, 0.6) is 0 Å². The molecule has 23 heavy (non-hydrogen) atoms. The molecule has 0 spiro atoms. The highest BCUT2D eigenvalue weighted by molar-refractivity contribution is 9.11. The number of nitrogens with two attached hydrogens (primary N) is 2. The van der Waals surface area contributed by atoms with Gasteiger partial charge in [-0.05, 0) is 47.8 Å². The van der Waals surface area contributed by atoms with Gasteiger partial charge in [-0.25, -0.2) is 4.79 Å². The van der Waals surface area contributed by atoms with Crippen molar-refractivity contribution in [3.05, 3.63) is 24.5 Å². The molecule has 0 radical (unpaired) electrons. The van der Waals surface area contributed by atoms with Crippen molar-refractivity contribution in [1.82, 2.24) is 0 Å². The highest BCUT2D eigenvalue weighted by Gasteiger charge is 2.30. The van der Waals surface area contributed by atoms with E-state index < -0.39 is 24.4 Å². The van der Waals surface area contributed by atoms with E-state index in [2.05, 4.69) is 47.8 Å². The van der Waals surface area contributed by atoms with Gasteiger partial charge in [0, 0.05) is 11.0 Å². The largest absolute Gasteiger partial charge is 0.478 e. The molecular formula is C12H12Br3N3O5. The molecule has 0 bridgehead atoms. The van der Waals surface area contributed by atoms with Gasteiger partial charge in [-0.15, -0.1) is 0 Å². The third-order valence-corrected chi connectivity index (χ3v) is 5.16. The Kier molecular flexibility index (Phi) is 7.14. The van der Waals surface area contributed by atoms with E-state index in [1.54, 1.807) is 0 Å². The van der Waals surface area contributed by atoms with Crippen LogP contribution in [0.15, 0.2) is 13.4 Å². The predicted octanol–water partition coefficient (Wildman–Crippen LogP) is 1.06. The molecule has 0 atom stereocenters. The maximum absolute atomic E-state index is 12.0. The summed E-state index contributed by atoms with van der Waals surface area (Å²) < 4.78 is 0.0946. The summed E-state index contributed by atoms with van der Waals surface area (Å²) in [7, 11) is 0. The van der Waals surface area contributed by atoms with Gasteiger partial charge in [0.2, 0.25) is 5.91 Å². The van der Waals surface area contributed by atoms with E-state index in [1.807, 2.05) is 0 Å². The summed E-state index contributed by atoms with van der Waals surface area (Å²) in [5, 5.41) is 18.5. The third kappa shape index (κ3) is 3.91. The van der Waals surface area contributed by atoms with Crippen molar-refractivity contribution in [3.8, 4) is 0 Å². The number of halogens is 3. The molecule has 0 saturated heterocycles. The van der Waals surface area contributed by atoms with Crippen LogP contribution in [0.4, 0.5) is 5.69 Å². The second kappa shape index (κ2) is 8.20. The Balaban J connectivity index is 3.86. The van der Waals surface area contributed by atoms with Crippen LogP contribution in [0, 0.1) is 0 Å². The van der Waals surface area contributed by atoms with Crippen molar-refractivity contribution in [2.45, 2.75) is 0 Å². The maximum Gasteiger partial charge on any atom is 0.338 e. The Labute approximate surface area is 156 Å². The maximum atomic E-state index is 12.0. The Hall–Kier alpha value is -1.01. The molecular weight excluding hydrogens is 506 g/mol. The quantitative estimate of drug-likeness (QED) is 0.443. The second-order valence-corrected chi connectivity index (χ2v) is 6.56. The molecule has 126 valence electrons. The van der Waals surface area contributed by atoms with Gasteiger partial charge in [0.15, 0.2) is 0 Å². The Morgan fingerprint density at radius 2 is 1.57 bits per heavy atom. The summed E-state index contributed by atoms with van der Waals surface area (Å²) in [6.45, 7) is -0.912. The van der Waals surface area contributed by atoms with Gasteiger partial charge in [0.05, 0.1) is 38.9 Å². The van der Waals surface area contributed by atoms with Crippen LogP contribution < -0.4 is 16.4 Å². The molecule has 0 unspecified atom stereocenters. The lowest BCUT2D eigenvalue weighted by Crippen LogP contribution is -2.39. The van der Waals surface area contributed by atoms with E-state index in [9.17, 15) is 19.5 Å². The molecule has 0 aliphatic carbocycles. The zero-order valence-electron chi connectivity index (χ0n) is 11.5. The van der Waals surface area contributed by atoms with Gasteiger partial charge in [-0.3, -0.25) is 9.59 Å². The first-order chi connectivity index (χ1) is 10.7. The first-order valence-electron chi connectivity index (χ1n) is 6.03. The number of aliphatic hydroxyl groups is 1. The number of primary amides is 1. The number of hydrogen-bond donors (Lipinski definition) is 4. The van der Waals surface area contributed by atoms with Crippen LogP contribution in [0.25, 0.3) is 0 Å². The minimum absolute atomic E-state index is 0.0315. The number of aromatic carboxylic acids is 1. The molecule has 0 heterocycles. The zero-order chi connectivity index (χ0) is 17.9. The number of anilines is 1. The number of rotatable bonds is 6. The fourth-order valence-electron chi connectivity index (χ4n) is 1.86. The van der Waals surface area contributed by atoms with E-state index in [1.165, 1.54) is 0 Å². The highest BCUT2D eigenvalue weighted by atomic mass is 79.9. The lowest BCUT2D eigenvalue weighted by Gasteiger charge is -2.26. The molecule has 11 heteroatoms. The first kappa shape index (κ1) is 20.0. The Morgan fingerprint density at radius 1 is 1.04 bits per heavy atom. The molecule has 0 aliphatic heterocycles. The molecule has 8 nitrogen and oxygen atoms in total. The Bertz CT molecular complexity index is 639. The number of carbonyl (C=O) groups excluding carboxylic acids is 2. The second-order valence-electron chi connectivity index (χ2n) is 4.18. The van der Waals surface area contributed by atoms with E-state index in [0.29, 0.717) is 0 Å². The smallest absolute Gasteiger partial charge is 0.338 e. The van der Waals surface area contributed by atoms with Crippen LogP contribution in [0.1, 0.15) is 20.7 Å². The van der Waals surface area contributed by atoms with Gasteiger partial charge in [-0.1, -0.05) is 0 Å². The van der Waals surface area contributed by atoms with Crippen molar-refractivity contribution in [3.63, 3.8) is 0 Å². The normalized spacial score (nSPS) is 10.5. The average Bonchev–Trinajstić information content (AvgIpc) is 2.44. The van der Waals surface area contributed by atoms with Crippen molar-refractivity contribution >= 4 is 71.3 Å². The average molecular weight is 518 g/mol. The molecule has 0 fully saturated rings. The van der Waals surface area contributed by atoms with Gasteiger partial charge in [0.1, 0.15) is 0 Å². The number of carboxylic acids is 1. The standard InChI is InChI=1S/C12H12Br3N3O5/c13-7-5(11(17)21)8(14)10(9(15)6(7)12(22)23)18(1-2-19)4(20)3-16/h19H,1-3,16H2,(H2,17,21)(H,22,23). The molecule has 2 amide bonds. The van der Waals surface area contributed by atoms with Gasteiger partial charge in [-0.2, -0.15) is 0 Å². The van der Waals surface area contributed by atoms with Gasteiger partial charge < -0.3 is 26.6 Å². The van der Waals surface area contributed by atoms with E-state index >= 15 is 0 Å². The van der Waals surface area contributed by atoms with Gasteiger partial charge >= 0.3 is 5.97 Å². The monoisotopic (exact) mass is 515 g/mol. The van der Waals surface area contributed by atoms with Crippen LogP contribution in [0.2, 0.25) is 0 Å². The summed E-state index contributed by atoms with van der Waals surface area (Å²) in [6, 6.07) is 0. The first-order valence-corrected chi connectivity index (χ1v) is 8.41. The molecule has 0 saturated carbocycles. The molecule has 0 aromatic heterocycles. The van der Waals surface area contributed by atoms with E-state index in [0.717, 1.165) is 4.90 Å². The van der Waals surface area contributed by atoms with Gasteiger partial charge in [0.25, 0.3) is 5.91 Å². The van der Waals surface area contributed by atoms with Crippen LogP contribution >= 0.6 is 47.8 Å². The lowest BCUT2D eigenvalue weighted by molar-refractivity contribution is -0.117. The van der Waals surface area contributed by atoms with E-state index in [4.69, 9.17) is 16.6 Å².